The Balaban J connectivity index is 2.03. The third-order valence-corrected chi connectivity index (χ3v) is 4.30. The third kappa shape index (κ3) is 3.07. The molecule has 0 atom stereocenters. The molecule has 0 saturated heterocycles. The molecule has 0 aliphatic heterocycles. The summed E-state index contributed by atoms with van der Waals surface area (Å²) in [6.07, 6.45) is 0. The molecule has 0 bridgehead atoms. The van der Waals surface area contributed by atoms with Gasteiger partial charge in [0.25, 0.3) is 0 Å². The minimum absolute atomic E-state index is 0.874. The Morgan fingerprint density at radius 1 is 0.955 bits per heavy atom. The van der Waals surface area contributed by atoms with E-state index in [4.69, 9.17) is 0 Å². The van der Waals surface area contributed by atoms with Gasteiger partial charge in [0.1, 0.15) is 0 Å². The Kier molecular flexibility index (Phi) is 4.30. The van der Waals surface area contributed by atoms with E-state index >= 15 is 0 Å². The van der Waals surface area contributed by atoms with E-state index in [1.54, 1.807) is 11.3 Å². The molecule has 3 rings (SSSR count). The Labute approximate surface area is 133 Å². The largest absolute Gasteiger partial charge is 0.288 e. The molecule has 0 N–H and O–H groups in total. The van der Waals surface area contributed by atoms with Crippen LogP contribution in [0.5, 0.6) is 0 Å². The molecule has 1 heterocycles. The molecule has 3 aromatic rings. The van der Waals surface area contributed by atoms with Gasteiger partial charge in [0.05, 0.1) is 5.71 Å². The molecule has 0 unspecified atom stereocenters. The van der Waals surface area contributed by atoms with Crippen molar-refractivity contribution < 1.29 is 0 Å². The molecule has 0 amide bonds. The van der Waals surface area contributed by atoms with Crippen LogP contribution >= 0.6 is 11.3 Å². The van der Waals surface area contributed by atoms with E-state index < -0.39 is 0 Å². The van der Waals surface area contributed by atoms with Gasteiger partial charge >= 0.3 is 0 Å². The first kappa shape index (κ1) is 14.5. The minimum Gasteiger partial charge on any atom is -0.288 e. The van der Waals surface area contributed by atoms with Crippen LogP contribution in [0, 0.1) is 6.92 Å². The van der Waals surface area contributed by atoms with Crippen molar-refractivity contribution in [1.29, 1.82) is 0 Å². The van der Waals surface area contributed by atoms with E-state index in [9.17, 15) is 0 Å². The van der Waals surface area contributed by atoms with Gasteiger partial charge in [-0.25, -0.2) is 0 Å². The minimum atomic E-state index is 0.874. The summed E-state index contributed by atoms with van der Waals surface area (Å²) in [7, 11) is 0. The van der Waals surface area contributed by atoms with Gasteiger partial charge in [-0.1, -0.05) is 48.5 Å². The van der Waals surface area contributed by atoms with Gasteiger partial charge in [-0.15, -0.1) is 16.4 Å². The highest BCUT2D eigenvalue weighted by atomic mass is 32.1. The van der Waals surface area contributed by atoms with Crippen LogP contribution in [0.2, 0.25) is 0 Å². The number of aromatic nitrogens is 1. The van der Waals surface area contributed by atoms with Gasteiger partial charge in [-0.3, -0.25) is 4.57 Å². The summed E-state index contributed by atoms with van der Waals surface area (Å²) >= 11 is 1.60. The first-order valence-corrected chi connectivity index (χ1v) is 8.00. The summed E-state index contributed by atoms with van der Waals surface area (Å²) in [5.74, 6) is 0. The SMILES string of the molecule is C/C(=N\N=c1\scc(C)n1-c1ccccc1)c1ccccc1. The zero-order valence-corrected chi connectivity index (χ0v) is 13.4. The van der Waals surface area contributed by atoms with E-state index in [0.717, 1.165) is 27.5 Å². The highest BCUT2D eigenvalue weighted by Gasteiger charge is 2.03. The summed E-state index contributed by atoms with van der Waals surface area (Å²) in [5.41, 5.74) is 4.26. The fraction of sp³-hybridized carbons (Fsp3) is 0.111. The first-order chi connectivity index (χ1) is 10.8. The molecule has 2 aromatic carbocycles. The first-order valence-electron chi connectivity index (χ1n) is 7.12. The van der Waals surface area contributed by atoms with Crippen molar-refractivity contribution in [3.8, 4) is 5.69 Å². The lowest BCUT2D eigenvalue weighted by molar-refractivity contribution is 0.925. The summed E-state index contributed by atoms with van der Waals surface area (Å²) in [5, 5.41) is 10.9. The molecule has 0 aliphatic carbocycles. The number of para-hydroxylation sites is 1. The van der Waals surface area contributed by atoms with Gasteiger partial charge in [0.2, 0.25) is 4.80 Å². The number of aryl methyl sites for hydroxylation is 1. The fourth-order valence-electron chi connectivity index (χ4n) is 2.21. The maximum absolute atomic E-state index is 4.45. The van der Waals surface area contributed by atoms with Crippen LogP contribution in [0.15, 0.2) is 76.2 Å². The predicted molar refractivity (Wildman–Crippen MR) is 92.6 cm³/mol. The van der Waals surface area contributed by atoms with Crippen molar-refractivity contribution in [3.05, 3.63) is 82.1 Å². The molecule has 0 radical (unpaired) electrons. The Bertz CT molecular complexity index is 843. The average Bonchev–Trinajstić information content (AvgIpc) is 2.95. The number of hydrogen-bond donors (Lipinski definition) is 0. The molecule has 0 saturated carbocycles. The van der Waals surface area contributed by atoms with E-state index in [2.05, 4.69) is 39.2 Å². The van der Waals surface area contributed by atoms with Crippen LogP contribution in [-0.2, 0) is 0 Å². The fourth-order valence-corrected chi connectivity index (χ4v) is 3.03. The zero-order chi connectivity index (χ0) is 15.4. The summed E-state index contributed by atoms with van der Waals surface area (Å²) < 4.78 is 2.12. The highest BCUT2D eigenvalue weighted by Crippen LogP contribution is 2.10. The van der Waals surface area contributed by atoms with E-state index in [1.807, 2.05) is 55.5 Å². The van der Waals surface area contributed by atoms with Crippen LogP contribution in [0.3, 0.4) is 0 Å². The molecular weight excluding hydrogens is 290 g/mol. The molecule has 110 valence electrons. The third-order valence-electron chi connectivity index (χ3n) is 3.37. The number of hydrogen-bond acceptors (Lipinski definition) is 3. The van der Waals surface area contributed by atoms with Crippen molar-refractivity contribution in [1.82, 2.24) is 4.57 Å². The molecule has 22 heavy (non-hydrogen) atoms. The van der Waals surface area contributed by atoms with Crippen LogP contribution in [0.25, 0.3) is 5.69 Å². The quantitative estimate of drug-likeness (QED) is 0.513. The topological polar surface area (TPSA) is 29.6 Å². The lowest BCUT2D eigenvalue weighted by Crippen LogP contribution is -2.13. The number of benzene rings is 2. The average molecular weight is 307 g/mol. The van der Waals surface area contributed by atoms with Crippen molar-refractivity contribution >= 4 is 17.0 Å². The number of nitrogens with zero attached hydrogens (tertiary/aromatic N) is 3. The van der Waals surface area contributed by atoms with Crippen LogP contribution in [0.1, 0.15) is 18.2 Å². The van der Waals surface area contributed by atoms with Crippen LogP contribution in [0.4, 0.5) is 0 Å². The smallest absolute Gasteiger partial charge is 0.215 e. The molecule has 3 nitrogen and oxygen atoms in total. The van der Waals surface area contributed by atoms with Crippen molar-refractivity contribution in [2.45, 2.75) is 13.8 Å². The summed E-state index contributed by atoms with van der Waals surface area (Å²) in [6.45, 7) is 4.06. The molecule has 0 aliphatic rings. The second-order valence-electron chi connectivity index (χ2n) is 4.98. The molecule has 0 spiro atoms. The molecule has 4 heteroatoms. The maximum Gasteiger partial charge on any atom is 0.215 e. The Morgan fingerprint density at radius 3 is 2.27 bits per heavy atom. The standard InChI is InChI=1S/C18H17N3S/c1-14-13-22-18(21(14)17-11-7-4-8-12-17)20-19-15(2)16-9-5-3-6-10-16/h3-13H,1-2H3/b19-15+,20-18+. The van der Waals surface area contributed by atoms with Crippen LogP contribution in [-0.4, -0.2) is 10.3 Å². The van der Waals surface area contributed by atoms with Crippen molar-refractivity contribution in [2.24, 2.45) is 10.2 Å². The van der Waals surface area contributed by atoms with E-state index in [1.165, 1.54) is 0 Å². The normalized spacial score (nSPS) is 12.6. The Hall–Kier alpha value is -2.46. The molecular formula is C18H17N3S. The molecule has 1 aromatic heterocycles. The molecule has 0 fully saturated rings. The van der Waals surface area contributed by atoms with Gasteiger partial charge in [0.15, 0.2) is 0 Å². The maximum atomic E-state index is 4.45. The predicted octanol–water partition coefficient (Wildman–Crippen LogP) is 4.17. The van der Waals surface area contributed by atoms with Crippen molar-refractivity contribution in [3.63, 3.8) is 0 Å². The van der Waals surface area contributed by atoms with Crippen molar-refractivity contribution in [2.75, 3.05) is 0 Å². The highest BCUT2D eigenvalue weighted by molar-refractivity contribution is 7.07. The lowest BCUT2D eigenvalue weighted by atomic mass is 10.1. The number of thiazole rings is 1. The van der Waals surface area contributed by atoms with Crippen LogP contribution < -0.4 is 4.80 Å². The lowest BCUT2D eigenvalue weighted by Gasteiger charge is -2.04. The number of rotatable bonds is 3. The second kappa shape index (κ2) is 6.54. The zero-order valence-electron chi connectivity index (χ0n) is 12.6. The van der Waals surface area contributed by atoms with Gasteiger partial charge in [0, 0.05) is 16.8 Å². The Morgan fingerprint density at radius 2 is 1.59 bits per heavy atom. The van der Waals surface area contributed by atoms with Gasteiger partial charge in [-0.2, -0.15) is 5.10 Å². The van der Waals surface area contributed by atoms with E-state index in [0.29, 0.717) is 0 Å². The van der Waals surface area contributed by atoms with Gasteiger partial charge in [-0.05, 0) is 31.5 Å². The summed E-state index contributed by atoms with van der Waals surface area (Å²) in [4.78, 5) is 0.874. The van der Waals surface area contributed by atoms with E-state index in [-0.39, 0.29) is 0 Å². The second-order valence-corrected chi connectivity index (χ2v) is 5.82. The summed E-state index contributed by atoms with van der Waals surface area (Å²) in [6, 6.07) is 20.3. The monoisotopic (exact) mass is 307 g/mol. The van der Waals surface area contributed by atoms with Gasteiger partial charge < -0.3 is 0 Å².